The molecule has 1 aromatic rings. The first-order chi connectivity index (χ1) is 10.8. The van der Waals surface area contributed by atoms with Crippen LogP contribution in [0.5, 0.6) is 0 Å². The number of rotatable bonds is 5. The molecule has 1 aromatic carbocycles. The number of hydrogen-bond acceptors (Lipinski definition) is 2. The minimum absolute atomic E-state index is 0.507. The molecular formula is C18H28N4. The van der Waals surface area contributed by atoms with Crippen LogP contribution < -0.4 is 10.6 Å². The van der Waals surface area contributed by atoms with Crippen LogP contribution in [0.15, 0.2) is 29.3 Å². The summed E-state index contributed by atoms with van der Waals surface area (Å²) in [5, 5.41) is 6.90. The van der Waals surface area contributed by atoms with Gasteiger partial charge in [-0.2, -0.15) is 0 Å². The first-order valence-corrected chi connectivity index (χ1v) is 8.51. The average molecular weight is 300 g/mol. The second kappa shape index (κ2) is 7.14. The summed E-state index contributed by atoms with van der Waals surface area (Å²) in [7, 11) is 1.85. The van der Waals surface area contributed by atoms with Crippen molar-refractivity contribution in [3.63, 3.8) is 0 Å². The second-order valence-corrected chi connectivity index (χ2v) is 6.62. The van der Waals surface area contributed by atoms with Crippen LogP contribution in [0.4, 0.5) is 0 Å². The number of guanidine groups is 1. The molecule has 1 fully saturated rings. The second-order valence-electron chi connectivity index (χ2n) is 6.62. The lowest BCUT2D eigenvalue weighted by Crippen LogP contribution is -2.47. The number of nitrogens with one attached hydrogen (secondary N) is 2. The van der Waals surface area contributed by atoms with Crippen LogP contribution in [0.3, 0.4) is 0 Å². The molecule has 0 amide bonds. The van der Waals surface area contributed by atoms with Gasteiger partial charge in [-0.3, -0.25) is 9.89 Å². The Morgan fingerprint density at radius 3 is 2.77 bits per heavy atom. The normalized spacial score (nSPS) is 20.4. The molecular weight excluding hydrogens is 272 g/mol. The maximum atomic E-state index is 4.32. The molecule has 0 bridgehead atoms. The van der Waals surface area contributed by atoms with E-state index in [4.69, 9.17) is 0 Å². The van der Waals surface area contributed by atoms with Gasteiger partial charge in [-0.15, -0.1) is 0 Å². The molecule has 0 saturated heterocycles. The molecule has 1 unspecified atom stereocenters. The quantitative estimate of drug-likeness (QED) is 0.645. The molecule has 0 aromatic heterocycles. The molecule has 0 radical (unpaired) electrons. The van der Waals surface area contributed by atoms with Gasteiger partial charge in [-0.25, -0.2) is 0 Å². The summed E-state index contributed by atoms with van der Waals surface area (Å²) in [6.45, 7) is 6.51. The Morgan fingerprint density at radius 1 is 1.27 bits per heavy atom. The van der Waals surface area contributed by atoms with E-state index in [0.29, 0.717) is 6.04 Å². The van der Waals surface area contributed by atoms with Crippen molar-refractivity contribution in [3.8, 4) is 0 Å². The molecule has 22 heavy (non-hydrogen) atoms. The van der Waals surface area contributed by atoms with Gasteiger partial charge in [0, 0.05) is 39.3 Å². The average Bonchev–Trinajstić information content (AvgIpc) is 3.38. The molecule has 4 heteroatoms. The minimum atomic E-state index is 0.507. The van der Waals surface area contributed by atoms with Gasteiger partial charge in [0.05, 0.1) is 0 Å². The third-order valence-electron chi connectivity index (χ3n) is 4.83. The van der Waals surface area contributed by atoms with Crippen LogP contribution in [-0.2, 0) is 13.0 Å². The summed E-state index contributed by atoms with van der Waals surface area (Å²) in [5.41, 5.74) is 3.00. The van der Waals surface area contributed by atoms with Crippen LogP contribution in [-0.4, -0.2) is 43.6 Å². The van der Waals surface area contributed by atoms with E-state index in [2.05, 4.69) is 51.7 Å². The number of nitrogens with zero attached hydrogens (tertiary/aromatic N) is 2. The summed E-state index contributed by atoms with van der Waals surface area (Å²) in [6, 6.07) is 9.33. The third-order valence-corrected chi connectivity index (χ3v) is 4.83. The Hall–Kier alpha value is -1.55. The number of hydrogen-bond donors (Lipinski definition) is 2. The zero-order chi connectivity index (χ0) is 15.4. The molecule has 1 heterocycles. The summed E-state index contributed by atoms with van der Waals surface area (Å²) in [6.07, 6.45) is 3.90. The topological polar surface area (TPSA) is 39.7 Å². The van der Waals surface area contributed by atoms with E-state index in [-0.39, 0.29) is 0 Å². The van der Waals surface area contributed by atoms with E-state index in [1.165, 1.54) is 24.0 Å². The van der Waals surface area contributed by atoms with Crippen molar-refractivity contribution in [2.45, 2.75) is 38.8 Å². The van der Waals surface area contributed by atoms with E-state index < -0.39 is 0 Å². The SMILES string of the molecule is CN=C(NCC1CC1)NCC(C)N1CCc2ccccc2C1. The molecule has 3 rings (SSSR count). The first kappa shape index (κ1) is 15.3. The minimum Gasteiger partial charge on any atom is -0.356 e. The van der Waals surface area contributed by atoms with Gasteiger partial charge in [0.25, 0.3) is 0 Å². The molecule has 1 aliphatic heterocycles. The highest BCUT2D eigenvalue weighted by Crippen LogP contribution is 2.27. The van der Waals surface area contributed by atoms with Gasteiger partial charge in [0.15, 0.2) is 5.96 Å². The van der Waals surface area contributed by atoms with Gasteiger partial charge in [0.2, 0.25) is 0 Å². The van der Waals surface area contributed by atoms with Crippen LogP contribution >= 0.6 is 0 Å². The predicted molar refractivity (Wildman–Crippen MR) is 92.1 cm³/mol. The van der Waals surface area contributed by atoms with Gasteiger partial charge in [-0.05, 0) is 43.2 Å². The van der Waals surface area contributed by atoms with Crippen molar-refractivity contribution >= 4 is 5.96 Å². The summed E-state index contributed by atoms with van der Waals surface area (Å²) in [4.78, 5) is 6.88. The van der Waals surface area contributed by atoms with E-state index in [1.54, 1.807) is 0 Å². The summed E-state index contributed by atoms with van der Waals surface area (Å²) in [5.74, 6) is 1.81. The predicted octanol–water partition coefficient (Wildman–Crippen LogP) is 2.01. The van der Waals surface area contributed by atoms with Crippen LogP contribution in [0, 0.1) is 5.92 Å². The standard InChI is InChI=1S/C18H28N4/c1-14(11-20-18(19-2)21-12-15-7-8-15)22-10-9-16-5-3-4-6-17(16)13-22/h3-6,14-15H,7-13H2,1-2H3,(H2,19,20,21). The van der Waals surface area contributed by atoms with E-state index in [1.807, 2.05) is 7.05 Å². The van der Waals surface area contributed by atoms with Gasteiger partial charge >= 0.3 is 0 Å². The Kier molecular flexibility index (Phi) is 4.98. The molecule has 2 aliphatic rings. The van der Waals surface area contributed by atoms with Crippen molar-refractivity contribution in [1.82, 2.24) is 15.5 Å². The Balaban J connectivity index is 1.46. The van der Waals surface area contributed by atoms with Crippen molar-refractivity contribution in [3.05, 3.63) is 35.4 Å². The zero-order valence-electron chi connectivity index (χ0n) is 13.8. The van der Waals surface area contributed by atoms with Crippen LogP contribution in [0.25, 0.3) is 0 Å². The highest BCUT2D eigenvalue weighted by molar-refractivity contribution is 5.79. The Labute approximate surface area is 134 Å². The summed E-state index contributed by atoms with van der Waals surface area (Å²) >= 11 is 0. The van der Waals surface area contributed by atoms with Crippen molar-refractivity contribution in [2.75, 3.05) is 26.7 Å². The molecule has 2 N–H and O–H groups in total. The van der Waals surface area contributed by atoms with Crippen molar-refractivity contribution < 1.29 is 0 Å². The maximum Gasteiger partial charge on any atom is 0.191 e. The fraction of sp³-hybridized carbons (Fsp3) is 0.611. The number of aliphatic imine (C=N–C) groups is 1. The third kappa shape index (κ3) is 4.01. The lowest BCUT2D eigenvalue weighted by atomic mass is 9.99. The first-order valence-electron chi connectivity index (χ1n) is 8.51. The van der Waals surface area contributed by atoms with E-state index >= 15 is 0 Å². The van der Waals surface area contributed by atoms with E-state index in [0.717, 1.165) is 44.5 Å². The molecule has 120 valence electrons. The fourth-order valence-corrected chi connectivity index (χ4v) is 3.05. The highest BCUT2D eigenvalue weighted by atomic mass is 15.2. The summed E-state index contributed by atoms with van der Waals surface area (Å²) < 4.78 is 0. The lowest BCUT2D eigenvalue weighted by molar-refractivity contribution is 0.191. The van der Waals surface area contributed by atoms with Crippen LogP contribution in [0.2, 0.25) is 0 Å². The molecule has 1 aliphatic carbocycles. The van der Waals surface area contributed by atoms with Crippen LogP contribution in [0.1, 0.15) is 30.9 Å². The molecule has 1 saturated carbocycles. The monoisotopic (exact) mass is 300 g/mol. The van der Waals surface area contributed by atoms with Gasteiger partial charge in [-0.1, -0.05) is 24.3 Å². The largest absolute Gasteiger partial charge is 0.356 e. The molecule has 4 nitrogen and oxygen atoms in total. The molecule has 1 atom stereocenters. The Bertz CT molecular complexity index is 522. The fourth-order valence-electron chi connectivity index (χ4n) is 3.05. The van der Waals surface area contributed by atoms with Crippen molar-refractivity contribution in [2.24, 2.45) is 10.9 Å². The lowest BCUT2D eigenvalue weighted by Gasteiger charge is -2.34. The van der Waals surface area contributed by atoms with Gasteiger partial charge in [0.1, 0.15) is 0 Å². The van der Waals surface area contributed by atoms with Gasteiger partial charge < -0.3 is 10.6 Å². The van der Waals surface area contributed by atoms with Crippen molar-refractivity contribution in [1.29, 1.82) is 0 Å². The smallest absolute Gasteiger partial charge is 0.191 e. The Morgan fingerprint density at radius 2 is 2.05 bits per heavy atom. The zero-order valence-corrected chi connectivity index (χ0v) is 13.8. The van der Waals surface area contributed by atoms with E-state index in [9.17, 15) is 0 Å². The highest BCUT2D eigenvalue weighted by Gasteiger charge is 2.22. The number of benzene rings is 1. The number of fused-ring (bicyclic) bond motifs is 1. The molecule has 0 spiro atoms. The maximum absolute atomic E-state index is 4.32.